The van der Waals surface area contributed by atoms with Crippen molar-refractivity contribution in [3.63, 3.8) is 0 Å². The van der Waals surface area contributed by atoms with Crippen molar-refractivity contribution in [1.29, 1.82) is 0 Å². The average Bonchev–Trinajstić information content (AvgIpc) is 2.41. The van der Waals surface area contributed by atoms with Crippen LogP contribution in [0, 0.1) is 5.82 Å². The van der Waals surface area contributed by atoms with Crippen LogP contribution in [-0.2, 0) is 11.3 Å². The van der Waals surface area contributed by atoms with Crippen molar-refractivity contribution in [2.75, 3.05) is 7.05 Å². The van der Waals surface area contributed by atoms with Crippen LogP contribution in [0.25, 0.3) is 0 Å². The molecule has 112 valence electrons. The summed E-state index contributed by atoms with van der Waals surface area (Å²) in [5.41, 5.74) is 0.828. The van der Waals surface area contributed by atoms with Crippen LogP contribution in [0.4, 0.5) is 4.39 Å². The molecule has 1 aromatic carbocycles. The minimum atomic E-state index is -0.728. The number of ether oxygens (including phenoxy) is 1. The van der Waals surface area contributed by atoms with Gasteiger partial charge in [0.05, 0.1) is 0 Å². The van der Waals surface area contributed by atoms with E-state index in [1.165, 1.54) is 6.07 Å². The Morgan fingerprint density at radius 3 is 2.65 bits per heavy atom. The number of benzene rings is 1. The topological polar surface area (TPSA) is 50.4 Å². The van der Waals surface area contributed by atoms with Gasteiger partial charge in [0, 0.05) is 12.6 Å². The van der Waals surface area contributed by atoms with Crippen LogP contribution in [-0.4, -0.2) is 25.1 Å². The molecule has 0 saturated heterocycles. The van der Waals surface area contributed by atoms with E-state index < -0.39 is 11.9 Å². The lowest BCUT2D eigenvalue weighted by Crippen LogP contribution is -2.41. The summed E-state index contributed by atoms with van der Waals surface area (Å²) in [7, 11) is 1.80. The molecule has 1 aromatic rings. The molecular weight excluding hydrogens is 259 g/mol. The van der Waals surface area contributed by atoms with Gasteiger partial charge in [-0.25, -0.2) is 4.39 Å². The van der Waals surface area contributed by atoms with Gasteiger partial charge in [0.1, 0.15) is 0 Å². The molecular formula is C15H23FN2O2. The molecule has 0 fully saturated rings. The van der Waals surface area contributed by atoms with Crippen molar-refractivity contribution in [3.8, 4) is 5.75 Å². The zero-order valence-electron chi connectivity index (χ0n) is 12.5. The first kappa shape index (κ1) is 16.4. The second kappa shape index (κ2) is 7.85. The summed E-state index contributed by atoms with van der Waals surface area (Å²) >= 11 is 0. The third-order valence-electron chi connectivity index (χ3n) is 3.05. The molecule has 0 aromatic heterocycles. The molecule has 0 aliphatic carbocycles. The first-order valence-corrected chi connectivity index (χ1v) is 6.88. The highest BCUT2D eigenvalue weighted by atomic mass is 19.1. The zero-order valence-corrected chi connectivity index (χ0v) is 12.5. The Balaban J connectivity index is 2.65. The van der Waals surface area contributed by atoms with E-state index in [2.05, 4.69) is 10.6 Å². The molecule has 2 N–H and O–H groups in total. The summed E-state index contributed by atoms with van der Waals surface area (Å²) < 4.78 is 19.2. The molecule has 0 spiro atoms. The summed E-state index contributed by atoms with van der Waals surface area (Å²) in [5, 5.41) is 5.75. The fraction of sp³-hybridized carbons (Fsp3) is 0.533. The molecule has 1 amide bonds. The van der Waals surface area contributed by atoms with Crippen LogP contribution in [0.3, 0.4) is 0 Å². The molecule has 5 heteroatoms. The Kier molecular flexibility index (Phi) is 6.45. The number of halogens is 1. The highest BCUT2D eigenvalue weighted by molar-refractivity contribution is 5.80. The van der Waals surface area contributed by atoms with Crippen molar-refractivity contribution in [3.05, 3.63) is 29.6 Å². The number of nitrogens with one attached hydrogen (secondary N) is 2. The van der Waals surface area contributed by atoms with E-state index in [9.17, 15) is 9.18 Å². The van der Waals surface area contributed by atoms with Gasteiger partial charge < -0.3 is 15.4 Å². The van der Waals surface area contributed by atoms with E-state index in [-0.39, 0.29) is 17.7 Å². The van der Waals surface area contributed by atoms with Crippen molar-refractivity contribution < 1.29 is 13.9 Å². The Hall–Kier alpha value is -1.62. The maximum Gasteiger partial charge on any atom is 0.260 e. The van der Waals surface area contributed by atoms with Gasteiger partial charge in [-0.3, -0.25) is 4.79 Å². The summed E-state index contributed by atoms with van der Waals surface area (Å²) in [6.07, 6.45) is 0.111. The van der Waals surface area contributed by atoms with E-state index in [1.54, 1.807) is 26.1 Å². The quantitative estimate of drug-likeness (QED) is 0.806. The van der Waals surface area contributed by atoms with E-state index >= 15 is 0 Å². The number of hydrogen-bond acceptors (Lipinski definition) is 3. The fourth-order valence-corrected chi connectivity index (χ4v) is 1.66. The number of rotatable bonds is 7. The van der Waals surface area contributed by atoms with E-state index in [1.807, 2.05) is 13.8 Å². The molecule has 1 rings (SSSR count). The summed E-state index contributed by atoms with van der Waals surface area (Å²) in [6.45, 7) is 6.09. The molecule has 20 heavy (non-hydrogen) atoms. The van der Waals surface area contributed by atoms with Crippen LogP contribution in [0.1, 0.15) is 32.8 Å². The molecule has 2 unspecified atom stereocenters. The molecule has 4 nitrogen and oxygen atoms in total. The molecule has 0 radical (unpaired) electrons. The Bertz CT molecular complexity index is 451. The van der Waals surface area contributed by atoms with E-state index in [0.717, 1.165) is 12.0 Å². The fourth-order valence-electron chi connectivity index (χ4n) is 1.66. The predicted molar refractivity (Wildman–Crippen MR) is 77.1 cm³/mol. The lowest BCUT2D eigenvalue weighted by atomic mass is 10.2. The Morgan fingerprint density at radius 2 is 2.10 bits per heavy atom. The Labute approximate surface area is 119 Å². The SMILES string of the molecule is CCC(C)NC(=O)C(C)Oc1ccc(CNC)cc1F. The third-order valence-corrected chi connectivity index (χ3v) is 3.05. The number of hydrogen-bond donors (Lipinski definition) is 2. The van der Waals surface area contributed by atoms with Crippen LogP contribution in [0.2, 0.25) is 0 Å². The number of carbonyl (C=O) groups is 1. The predicted octanol–water partition coefficient (Wildman–Crippen LogP) is 2.23. The number of amides is 1. The lowest BCUT2D eigenvalue weighted by Gasteiger charge is -2.18. The summed E-state index contributed by atoms with van der Waals surface area (Å²) in [6, 6.07) is 4.81. The molecule has 0 aliphatic rings. The van der Waals surface area contributed by atoms with E-state index in [0.29, 0.717) is 6.54 Å². The van der Waals surface area contributed by atoms with Gasteiger partial charge in [-0.2, -0.15) is 0 Å². The van der Waals surface area contributed by atoms with Crippen molar-refractivity contribution in [2.45, 2.75) is 45.9 Å². The second-order valence-electron chi connectivity index (χ2n) is 4.87. The first-order valence-electron chi connectivity index (χ1n) is 6.88. The average molecular weight is 282 g/mol. The molecule has 0 aliphatic heterocycles. The monoisotopic (exact) mass is 282 g/mol. The molecule has 0 heterocycles. The minimum Gasteiger partial charge on any atom is -0.478 e. The van der Waals surface area contributed by atoms with E-state index in [4.69, 9.17) is 4.74 Å². The maximum atomic E-state index is 13.8. The van der Waals surface area contributed by atoms with Crippen LogP contribution < -0.4 is 15.4 Å². The van der Waals surface area contributed by atoms with Crippen LogP contribution >= 0.6 is 0 Å². The molecule has 2 atom stereocenters. The Morgan fingerprint density at radius 1 is 1.40 bits per heavy atom. The minimum absolute atomic E-state index is 0.0800. The largest absolute Gasteiger partial charge is 0.478 e. The normalized spacial score (nSPS) is 13.7. The van der Waals surface area contributed by atoms with Gasteiger partial charge in [-0.1, -0.05) is 13.0 Å². The van der Waals surface area contributed by atoms with Gasteiger partial charge in [0.2, 0.25) is 0 Å². The van der Waals surface area contributed by atoms with Crippen LogP contribution in [0.5, 0.6) is 5.75 Å². The van der Waals surface area contributed by atoms with Crippen molar-refractivity contribution in [2.24, 2.45) is 0 Å². The summed E-state index contributed by atoms with van der Waals surface area (Å²) in [4.78, 5) is 11.8. The highest BCUT2D eigenvalue weighted by Gasteiger charge is 2.17. The van der Waals surface area contributed by atoms with Crippen molar-refractivity contribution >= 4 is 5.91 Å². The van der Waals surface area contributed by atoms with Gasteiger partial charge in [-0.15, -0.1) is 0 Å². The van der Waals surface area contributed by atoms with Crippen molar-refractivity contribution in [1.82, 2.24) is 10.6 Å². The smallest absolute Gasteiger partial charge is 0.260 e. The van der Waals surface area contributed by atoms with Gasteiger partial charge in [0.25, 0.3) is 5.91 Å². The second-order valence-corrected chi connectivity index (χ2v) is 4.87. The van der Waals surface area contributed by atoms with Gasteiger partial charge >= 0.3 is 0 Å². The standard InChI is InChI=1S/C15H23FN2O2/c1-5-10(2)18-15(19)11(3)20-14-7-6-12(9-17-4)8-13(14)16/h6-8,10-11,17H,5,9H2,1-4H3,(H,18,19). The lowest BCUT2D eigenvalue weighted by molar-refractivity contribution is -0.127. The van der Waals surface area contributed by atoms with Gasteiger partial charge in [0.15, 0.2) is 17.7 Å². The zero-order chi connectivity index (χ0) is 15.1. The van der Waals surface area contributed by atoms with Crippen LogP contribution in [0.15, 0.2) is 18.2 Å². The molecule has 0 bridgehead atoms. The van der Waals surface area contributed by atoms with Gasteiger partial charge in [-0.05, 0) is 45.0 Å². The third kappa shape index (κ3) is 4.81. The highest BCUT2D eigenvalue weighted by Crippen LogP contribution is 2.19. The maximum absolute atomic E-state index is 13.8. The molecule has 0 saturated carbocycles. The summed E-state index contributed by atoms with van der Waals surface area (Å²) in [5.74, 6) is -0.601. The first-order chi connectivity index (χ1) is 9.47. The number of carbonyl (C=O) groups excluding carboxylic acids is 1.